The minimum atomic E-state index is -0.847. The molecule has 0 aliphatic rings. The molecule has 0 aliphatic heterocycles. The van der Waals surface area contributed by atoms with E-state index in [0.717, 1.165) is 0 Å². The molecule has 26 heavy (non-hydrogen) atoms. The van der Waals surface area contributed by atoms with E-state index < -0.39 is 18.6 Å². The fourth-order valence-electron chi connectivity index (χ4n) is 2.26. The maximum atomic E-state index is 12.3. The Morgan fingerprint density at radius 3 is 2.15 bits per heavy atom. The summed E-state index contributed by atoms with van der Waals surface area (Å²) in [4.78, 5) is 36.7. The molecule has 1 N–H and O–H groups in total. The van der Waals surface area contributed by atoms with Gasteiger partial charge in [0, 0.05) is 16.1 Å². The Bertz CT molecular complexity index is 772. The van der Waals surface area contributed by atoms with Gasteiger partial charge >= 0.3 is 5.97 Å². The number of ketones is 1. The summed E-state index contributed by atoms with van der Waals surface area (Å²) in [5.41, 5.74) is 0.847. The van der Waals surface area contributed by atoms with Gasteiger partial charge in [-0.2, -0.15) is 0 Å². The van der Waals surface area contributed by atoms with Crippen LogP contribution in [0.1, 0.15) is 34.6 Å². The van der Waals surface area contributed by atoms with E-state index in [1.165, 1.54) is 0 Å². The summed E-state index contributed by atoms with van der Waals surface area (Å²) in [6.07, 6.45) is 0. The van der Waals surface area contributed by atoms with Crippen molar-refractivity contribution >= 4 is 29.3 Å². The van der Waals surface area contributed by atoms with Crippen LogP contribution in [0, 0.1) is 5.92 Å². The number of amides is 1. The highest BCUT2D eigenvalue weighted by atomic mass is 35.5. The maximum absolute atomic E-state index is 12.3. The molecule has 0 unspecified atom stereocenters. The van der Waals surface area contributed by atoms with Crippen LogP contribution < -0.4 is 5.32 Å². The fourth-order valence-corrected chi connectivity index (χ4v) is 2.38. The Balaban J connectivity index is 1.96. The first-order chi connectivity index (χ1) is 12.4. The second-order valence-electron chi connectivity index (χ2n) is 6.10. The SMILES string of the molecule is CC(C)[C@@H](NC(=O)c1ccccc1)C(=O)OCC(=O)c1ccc(Cl)cc1. The van der Waals surface area contributed by atoms with Crippen LogP contribution in [0.25, 0.3) is 0 Å². The molecule has 0 heterocycles. The van der Waals surface area contributed by atoms with E-state index in [1.54, 1.807) is 68.4 Å². The van der Waals surface area contributed by atoms with E-state index in [9.17, 15) is 14.4 Å². The van der Waals surface area contributed by atoms with Gasteiger partial charge in [0.05, 0.1) is 0 Å². The highest BCUT2D eigenvalue weighted by molar-refractivity contribution is 6.30. The Hall–Kier alpha value is -2.66. The normalized spacial score (nSPS) is 11.7. The van der Waals surface area contributed by atoms with Gasteiger partial charge in [-0.1, -0.05) is 43.6 Å². The van der Waals surface area contributed by atoms with Gasteiger partial charge in [-0.15, -0.1) is 0 Å². The summed E-state index contributed by atoms with van der Waals surface area (Å²) in [6, 6.07) is 14.1. The largest absolute Gasteiger partial charge is 0.456 e. The number of benzene rings is 2. The third-order valence-corrected chi connectivity index (χ3v) is 4.01. The molecule has 2 aromatic carbocycles. The van der Waals surface area contributed by atoms with Gasteiger partial charge < -0.3 is 10.1 Å². The minimum absolute atomic E-state index is 0.194. The molecule has 6 heteroatoms. The quantitative estimate of drug-likeness (QED) is 0.595. The monoisotopic (exact) mass is 373 g/mol. The van der Waals surface area contributed by atoms with E-state index in [2.05, 4.69) is 5.32 Å². The van der Waals surface area contributed by atoms with Crippen molar-refractivity contribution in [3.05, 3.63) is 70.7 Å². The maximum Gasteiger partial charge on any atom is 0.329 e. The highest BCUT2D eigenvalue weighted by Gasteiger charge is 2.26. The Morgan fingerprint density at radius 1 is 0.962 bits per heavy atom. The molecule has 5 nitrogen and oxygen atoms in total. The van der Waals surface area contributed by atoms with Crippen molar-refractivity contribution in [3.8, 4) is 0 Å². The number of hydrogen-bond acceptors (Lipinski definition) is 4. The number of esters is 1. The van der Waals surface area contributed by atoms with Crippen LogP contribution in [0.4, 0.5) is 0 Å². The first-order valence-electron chi connectivity index (χ1n) is 8.20. The van der Waals surface area contributed by atoms with Crippen LogP contribution >= 0.6 is 11.6 Å². The lowest BCUT2D eigenvalue weighted by molar-refractivity contribution is -0.145. The van der Waals surface area contributed by atoms with Crippen molar-refractivity contribution in [1.82, 2.24) is 5.32 Å². The van der Waals surface area contributed by atoms with Crippen molar-refractivity contribution in [3.63, 3.8) is 0 Å². The van der Waals surface area contributed by atoms with E-state index in [-0.39, 0.29) is 17.6 Å². The van der Waals surface area contributed by atoms with E-state index >= 15 is 0 Å². The van der Waals surface area contributed by atoms with Crippen LogP contribution in [0.2, 0.25) is 5.02 Å². The van der Waals surface area contributed by atoms with Gasteiger partial charge in [-0.25, -0.2) is 4.79 Å². The van der Waals surface area contributed by atoms with E-state index in [0.29, 0.717) is 16.1 Å². The average Bonchev–Trinajstić information content (AvgIpc) is 2.64. The summed E-state index contributed by atoms with van der Waals surface area (Å²) in [5, 5.41) is 3.18. The van der Waals surface area contributed by atoms with Crippen molar-refractivity contribution in [2.24, 2.45) is 5.92 Å². The summed E-state index contributed by atoms with van der Waals surface area (Å²) < 4.78 is 5.11. The summed E-state index contributed by atoms with van der Waals surface area (Å²) in [5.74, 6) is -1.55. The van der Waals surface area contributed by atoms with Gasteiger partial charge in [-0.05, 0) is 42.3 Å². The van der Waals surface area contributed by atoms with E-state index in [1.807, 2.05) is 0 Å². The smallest absolute Gasteiger partial charge is 0.329 e. The average molecular weight is 374 g/mol. The Kier molecular flexibility index (Phi) is 6.92. The third kappa shape index (κ3) is 5.43. The van der Waals surface area contributed by atoms with Crippen molar-refractivity contribution < 1.29 is 19.1 Å². The molecule has 2 rings (SSSR count). The lowest BCUT2D eigenvalue weighted by atomic mass is 10.0. The van der Waals surface area contributed by atoms with Crippen molar-refractivity contribution in [1.29, 1.82) is 0 Å². The van der Waals surface area contributed by atoms with Gasteiger partial charge in [0.2, 0.25) is 0 Å². The Morgan fingerprint density at radius 2 is 1.58 bits per heavy atom. The van der Waals surface area contributed by atoms with Gasteiger partial charge in [0.15, 0.2) is 12.4 Å². The first-order valence-corrected chi connectivity index (χ1v) is 8.57. The zero-order valence-corrected chi connectivity index (χ0v) is 15.3. The minimum Gasteiger partial charge on any atom is -0.456 e. The highest BCUT2D eigenvalue weighted by Crippen LogP contribution is 2.11. The second-order valence-corrected chi connectivity index (χ2v) is 6.54. The summed E-state index contributed by atoms with van der Waals surface area (Å²) in [7, 11) is 0. The number of carbonyl (C=O) groups is 3. The lowest BCUT2D eigenvalue weighted by Gasteiger charge is -2.20. The molecule has 1 amide bonds. The molecule has 0 spiro atoms. The zero-order valence-electron chi connectivity index (χ0n) is 14.6. The molecule has 0 bridgehead atoms. The summed E-state index contributed by atoms with van der Waals surface area (Å²) >= 11 is 5.78. The zero-order chi connectivity index (χ0) is 19.1. The molecular weight excluding hydrogens is 354 g/mol. The predicted molar refractivity (Wildman–Crippen MR) is 99.3 cm³/mol. The number of halogens is 1. The molecule has 0 aliphatic carbocycles. The second kappa shape index (κ2) is 9.15. The molecule has 0 saturated carbocycles. The Labute approximate surface area is 157 Å². The van der Waals surface area contributed by atoms with E-state index in [4.69, 9.17) is 16.3 Å². The van der Waals surface area contributed by atoms with Crippen LogP contribution in [0.5, 0.6) is 0 Å². The number of rotatable bonds is 7. The van der Waals surface area contributed by atoms with Gasteiger partial charge in [-0.3, -0.25) is 9.59 Å². The predicted octanol–water partition coefficient (Wildman–Crippen LogP) is 3.52. The number of ether oxygens (including phenoxy) is 1. The lowest BCUT2D eigenvalue weighted by Crippen LogP contribution is -2.45. The standard InChI is InChI=1S/C20H20ClNO4/c1-13(2)18(22-19(24)15-6-4-3-5-7-15)20(25)26-12-17(23)14-8-10-16(21)11-9-14/h3-11,13,18H,12H2,1-2H3,(H,22,24)/t18-/m1/s1. The van der Waals surface area contributed by atoms with Crippen molar-refractivity contribution in [2.75, 3.05) is 6.61 Å². The van der Waals surface area contributed by atoms with Crippen LogP contribution in [0.15, 0.2) is 54.6 Å². The van der Waals surface area contributed by atoms with Crippen LogP contribution in [-0.4, -0.2) is 30.3 Å². The molecule has 0 radical (unpaired) electrons. The topological polar surface area (TPSA) is 72.5 Å². The number of hydrogen-bond donors (Lipinski definition) is 1. The fraction of sp³-hybridized carbons (Fsp3) is 0.250. The number of nitrogens with one attached hydrogen (secondary N) is 1. The molecule has 0 aromatic heterocycles. The van der Waals surface area contributed by atoms with Gasteiger partial charge in [0.25, 0.3) is 5.91 Å². The molecule has 0 saturated heterocycles. The number of Topliss-reactive ketones (excluding diaryl/α,β-unsaturated/α-hetero) is 1. The molecule has 2 aromatic rings. The molecule has 1 atom stereocenters. The molecule has 136 valence electrons. The number of carbonyl (C=O) groups excluding carboxylic acids is 3. The van der Waals surface area contributed by atoms with Crippen LogP contribution in [0.3, 0.4) is 0 Å². The molecular formula is C20H20ClNO4. The van der Waals surface area contributed by atoms with Crippen molar-refractivity contribution in [2.45, 2.75) is 19.9 Å². The first kappa shape index (κ1) is 19.7. The van der Waals surface area contributed by atoms with Crippen LogP contribution in [-0.2, 0) is 9.53 Å². The molecule has 0 fully saturated rings. The van der Waals surface area contributed by atoms with Gasteiger partial charge in [0.1, 0.15) is 6.04 Å². The third-order valence-electron chi connectivity index (χ3n) is 3.75. The summed E-state index contributed by atoms with van der Waals surface area (Å²) in [6.45, 7) is 3.18.